The molecule has 3 aliphatic rings. The molecule has 5 rings (SSSR count). The summed E-state index contributed by atoms with van der Waals surface area (Å²) in [5, 5.41) is 0. The van der Waals surface area contributed by atoms with Crippen LogP contribution in [0.3, 0.4) is 0 Å². The molecule has 0 aromatic heterocycles. The molecule has 0 N–H and O–H groups in total. The summed E-state index contributed by atoms with van der Waals surface area (Å²) in [5.41, 5.74) is 6.97. The molecule has 2 saturated carbocycles. The molecule has 0 amide bonds. The van der Waals surface area contributed by atoms with Crippen LogP contribution < -0.4 is 0 Å². The molecule has 0 unspecified atom stereocenters. The van der Waals surface area contributed by atoms with Crippen LogP contribution in [-0.4, -0.2) is 0 Å². The lowest BCUT2D eigenvalue weighted by Gasteiger charge is -2.48. The van der Waals surface area contributed by atoms with E-state index in [-0.39, 0.29) is 0 Å². The maximum absolute atomic E-state index is 3.72. The maximum Gasteiger partial charge on any atom is 0.0178 e. The zero-order valence-corrected chi connectivity index (χ0v) is 15.6. The second kappa shape index (κ2) is 4.48. The maximum atomic E-state index is 3.72. The van der Waals surface area contributed by atoms with Crippen molar-refractivity contribution in [3.63, 3.8) is 0 Å². The first kappa shape index (κ1) is 13.8. The second-order valence-corrected chi connectivity index (χ2v) is 9.08. The Morgan fingerprint density at radius 2 is 1.05 bits per heavy atom. The van der Waals surface area contributed by atoms with E-state index < -0.39 is 0 Å². The highest BCUT2D eigenvalue weighted by Crippen LogP contribution is 2.69. The molecule has 0 spiro atoms. The van der Waals surface area contributed by atoms with Gasteiger partial charge in [0.2, 0.25) is 0 Å². The number of halogens is 2. The first-order valence-corrected chi connectivity index (χ1v) is 9.85. The van der Waals surface area contributed by atoms with Gasteiger partial charge in [-0.05, 0) is 72.2 Å². The highest BCUT2D eigenvalue weighted by Gasteiger charge is 2.62. The van der Waals surface area contributed by atoms with Crippen LogP contribution in [0.25, 0.3) is 11.1 Å². The Morgan fingerprint density at radius 1 is 0.636 bits per heavy atom. The molecule has 0 saturated heterocycles. The van der Waals surface area contributed by atoms with Crippen molar-refractivity contribution in [1.29, 1.82) is 0 Å². The van der Waals surface area contributed by atoms with Crippen LogP contribution in [0.15, 0.2) is 45.3 Å². The SMILES string of the molecule is Brc1ccc2c(c1)C13CCCC1(CCC3)c1cc(Br)ccc1-2. The molecule has 22 heavy (non-hydrogen) atoms. The fraction of sp³-hybridized carbons (Fsp3) is 0.400. The van der Waals surface area contributed by atoms with Crippen LogP contribution >= 0.6 is 31.9 Å². The van der Waals surface area contributed by atoms with Gasteiger partial charge in [-0.2, -0.15) is 0 Å². The Bertz CT molecular complexity index is 715. The van der Waals surface area contributed by atoms with E-state index in [1.165, 1.54) is 58.6 Å². The van der Waals surface area contributed by atoms with E-state index in [1.54, 1.807) is 11.1 Å². The van der Waals surface area contributed by atoms with E-state index in [1.807, 2.05) is 0 Å². The first-order valence-electron chi connectivity index (χ1n) is 8.27. The van der Waals surface area contributed by atoms with Crippen molar-refractivity contribution in [3.05, 3.63) is 56.5 Å². The summed E-state index contributed by atoms with van der Waals surface area (Å²) in [7, 11) is 0. The fourth-order valence-electron chi connectivity index (χ4n) is 5.94. The smallest absolute Gasteiger partial charge is 0.0178 e. The Balaban J connectivity index is 1.93. The summed E-state index contributed by atoms with van der Waals surface area (Å²) in [6.07, 6.45) is 8.20. The molecule has 0 heterocycles. The number of hydrogen-bond donors (Lipinski definition) is 0. The Labute approximate surface area is 148 Å². The monoisotopic (exact) mass is 416 g/mol. The third-order valence-corrected chi connectivity index (χ3v) is 7.60. The molecule has 2 heteroatoms. The highest BCUT2D eigenvalue weighted by atomic mass is 79.9. The Morgan fingerprint density at radius 3 is 1.45 bits per heavy atom. The van der Waals surface area contributed by atoms with Crippen molar-refractivity contribution in [1.82, 2.24) is 0 Å². The van der Waals surface area contributed by atoms with E-state index in [4.69, 9.17) is 0 Å². The first-order chi connectivity index (χ1) is 10.7. The number of fused-ring (bicyclic) bond motifs is 3. The highest BCUT2D eigenvalue weighted by molar-refractivity contribution is 9.10. The van der Waals surface area contributed by atoms with Crippen molar-refractivity contribution in [2.45, 2.75) is 49.4 Å². The van der Waals surface area contributed by atoms with Crippen LogP contribution in [0.1, 0.15) is 49.7 Å². The van der Waals surface area contributed by atoms with Gasteiger partial charge < -0.3 is 0 Å². The minimum atomic E-state index is 0.389. The molecule has 112 valence electrons. The topological polar surface area (TPSA) is 0 Å². The second-order valence-electron chi connectivity index (χ2n) is 7.25. The number of benzene rings is 2. The molecule has 3 aliphatic carbocycles. The van der Waals surface area contributed by atoms with E-state index in [0.29, 0.717) is 10.8 Å². The Kier molecular flexibility index (Phi) is 2.81. The molecule has 0 aliphatic heterocycles. The lowest BCUT2D eigenvalue weighted by molar-refractivity contribution is 0.299. The molecule has 0 radical (unpaired) electrons. The minimum absolute atomic E-state index is 0.389. The summed E-state index contributed by atoms with van der Waals surface area (Å²) < 4.78 is 2.46. The lowest BCUT2D eigenvalue weighted by atomic mass is 9.55. The Hall–Kier alpha value is -0.600. The molecule has 2 aromatic rings. The predicted octanol–water partition coefficient (Wildman–Crippen LogP) is 6.74. The van der Waals surface area contributed by atoms with Crippen LogP contribution in [0.2, 0.25) is 0 Å². The molecule has 0 atom stereocenters. The van der Waals surface area contributed by atoms with Crippen molar-refractivity contribution >= 4 is 31.9 Å². The van der Waals surface area contributed by atoms with Crippen molar-refractivity contribution in [2.75, 3.05) is 0 Å². The van der Waals surface area contributed by atoms with Gasteiger partial charge in [0.1, 0.15) is 0 Å². The third-order valence-electron chi connectivity index (χ3n) is 6.61. The van der Waals surface area contributed by atoms with Crippen molar-refractivity contribution in [3.8, 4) is 11.1 Å². The van der Waals surface area contributed by atoms with Gasteiger partial charge in [0.15, 0.2) is 0 Å². The third kappa shape index (κ3) is 1.49. The standard InChI is InChI=1S/C20H18Br2/c21-13-3-5-15-16-6-4-14(22)12-18(16)20-8-1-7-19(20,9-2-10-20)17(15)11-13/h3-6,11-12H,1-2,7-10H2. The average Bonchev–Trinajstić information content (AvgIpc) is 3.04. The van der Waals surface area contributed by atoms with Gasteiger partial charge in [-0.1, -0.05) is 56.8 Å². The summed E-state index contributed by atoms with van der Waals surface area (Å²) >= 11 is 7.45. The lowest BCUT2D eigenvalue weighted by Crippen LogP contribution is -2.43. The van der Waals surface area contributed by atoms with Gasteiger partial charge in [-0.25, -0.2) is 0 Å². The largest absolute Gasteiger partial charge is 0.0530 e. The molecular weight excluding hydrogens is 400 g/mol. The van der Waals surface area contributed by atoms with Crippen LogP contribution in [0.5, 0.6) is 0 Å². The molecular formula is C20H18Br2. The quantitative estimate of drug-likeness (QED) is 0.445. The fourth-order valence-corrected chi connectivity index (χ4v) is 6.66. The predicted molar refractivity (Wildman–Crippen MR) is 98.3 cm³/mol. The normalized spacial score (nSPS) is 31.4. The summed E-state index contributed by atoms with van der Waals surface area (Å²) in [6.45, 7) is 0. The van der Waals surface area contributed by atoms with Crippen LogP contribution in [-0.2, 0) is 10.8 Å². The van der Waals surface area contributed by atoms with Gasteiger partial charge >= 0.3 is 0 Å². The zero-order chi connectivity index (χ0) is 14.9. The van der Waals surface area contributed by atoms with E-state index in [9.17, 15) is 0 Å². The summed E-state index contributed by atoms with van der Waals surface area (Å²) in [4.78, 5) is 0. The molecule has 0 nitrogen and oxygen atoms in total. The van der Waals surface area contributed by atoms with E-state index in [2.05, 4.69) is 68.3 Å². The minimum Gasteiger partial charge on any atom is -0.0530 e. The number of rotatable bonds is 0. The van der Waals surface area contributed by atoms with Crippen molar-refractivity contribution < 1.29 is 0 Å². The molecule has 0 bridgehead atoms. The molecule has 2 aromatic carbocycles. The number of hydrogen-bond acceptors (Lipinski definition) is 0. The van der Waals surface area contributed by atoms with E-state index in [0.717, 1.165) is 0 Å². The summed E-state index contributed by atoms with van der Waals surface area (Å²) in [6, 6.07) is 13.9. The molecule has 2 fully saturated rings. The van der Waals surface area contributed by atoms with Gasteiger partial charge in [0.25, 0.3) is 0 Å². The van der Waals surface area contributed by atoms with Gasteiger partial charge in [0, 0.05) is 19.8 Å². The zero-order valence-electron chi connectivity index (χ0n) is 12.5. The van der Waals surface area contributed by atoms with Crippen LogP contribution in [0.4, 0.5) is 0 Å². The van der Waals surface area contributed by atoms with Crippen molar-refractivity contribution in [2.24, 2.45) is 0 Å². The van der Waals surface area contributed by atoms with Gasteiger partial charge in [-0.15, -0.1) is 0 Å². The average molecular weight is 418 g/mol. The van der Waals surface area contributed by atoms with E-state index >= 15 is 0 Å². The van der Waals surface area contributed by atoms with Gasteiger partial charge in [0.05, 0.1) is 0 Å². The van der Waals surface area contributed by atoms with Crippen LogP contribution in [0, 0.1) is 0 Å². The van der Waals surface area contributed by atoms with Gasteiger partial charge in [-0.3, -0.25) is 0 Å². The summed E-state index contributed by atoms with van der Waals surface area (Å²) in [5.74, 6) is 0.